The number of carboxylic acids is 1. The summed E-state index contributed by atoms with van der Waals surface area (Å²) < 4.78 is 28.1. The van der Waals surface area contributed by atoms with Crippen LogP contribution in [0.1, 0.15) is 56.1 Å². The van der Waals surface area contributed by atoms with Crippen LogP contribution in [0.2, 0.25) is 10.0 Å². The summed E-state index contributed by atoms with van der Waals surface area (Å²) in [6, 6.07) is 22.0. The second kappa shape index (κ2) is 10.8. The molecule has 3 aromatic rings. The molecule has 1 saturated heterocycles. The number of aliphatic carboxylic acids is 1. The number of hydrogen-bond donors (Lipinski definition) is 2. The normalized spacial score (nSPS) is 24.6. The second-order valence-electron chi connectivity index (χ2n) is 11.3. The lowest BCUT2D eigenvalue weighted by Crippen LogP contribution is -2.57. The first-order chi connectivity index (χ1) is 19.0. The number of carboxylic acid groups (broad SMARTS) is 1. The minimum atomic E-state index is -3.96. The Morgan fingerprint density at radius 3 is 2.27 bits per heavy atom. The third-order valence-corrected chi connectivity index (χ3v) is 11.5. The molecule has 40 heavy (non-hydrogen) atoms. The third-order valence-electron chi connectivity index (χ3n) is 8.46. The van der Waals surface area contributed by atoms with Gasteiger partial charge in [-0.2, -0.15) is 0 Å². The number of carbonyl (C=O) groups excluding carboxylic acids is 1. The van der Waals surface area contributed by atoms with Gasteiger partial charge in [0.1, 0.15) is 4.75 Å². The molecular weight excluding hydrogens is 569 g/mol. The summed E-state index contributed by atoms with van der Waals surface area (Å²) >= 11 is 12.6. The summed E-state index contributed by atoms with van der Waals surface area (Å²) in [6.45, 7) is 1.65. The standard InChI is InChI=1S/C31H31Cl2NO5S/c1-30(19-28(35)36)17-26(20-6-5-7-24(33)16-20)27(34-29(30)37)18-31(21-10-11-21,22-12-14-23(32)15-13-22)40(38,39)25-8-3-2-4-9-25/h2-9,12-16,21,26-27H,10-11,17-19H2,1H3,(H,34,37)(H,35,36)/t26-,27+,30+,31+/m1/s1. The van der Waals surface area contributed by atoms with Gasteiger partial charge in [-0.3, -0.25) is 9.59 Å². The number of nitrogens with one attached hydrogen (secondary N) is 1. The van der Waals surface area contributed by atoms with Gasteiger partial charge in [-0.25, -0.2) is 8.42 Å². The number of piperidine rings is 1. The van der Waals surface area contributed by atoms with E-state index in [2.05, 4.69) is 5.32 Å². The third kappa shape index (κ3) is 5.27. The lowest BCUT2D eigenvalue weighted by atomic mass is 9.67. The van der Waals surface area contributed by atoms with Crippen molar-refractivity contribution in [2.45, 2.75) is 60.6 Å². The van der Waals surface area contributed by atoms with Crippen LogP contribution >= 0.6 is 23.2 Å². The van der Waals surface area contributed by atoms with Crippen molar-refractivity contribution in [3.8, 4) is 0 Å². The summed E-state index contributed by atoms with van der Waals surface area (Å²) in [6.07, 6.45) is 1.48. The van der Waals surface area contributed by atoms with Crippen molar-refractivity contribution >= 4 is 44.9 Å². The van der Waals surface area contributed by atoms with Crippen LogP contribution in [-0.4, -0.2) is 31.4 Å². The maximum Gasteiger partial charge on any atom is 0.304 e. The first-order valence-electron chi connectivity index (χ1n) is 13.3. The zero-order valence-corrected chi connectivity index (χ0v) is 24.3. The van der Waals surface area contributed by atoms with Gasteiger partial charge in [-0.15, -0.1) is 0 Å². The quantitative estimate of drug-likeness (QED) is 0.288. The monoisotopic (exact) mass is 599 g/mol. The molecule has 0 radical (unpaired) electrons. The van der Waals surface area contributed by atoms with E-state index in [1.54, 1.807) is 67.6 Å². The van der Waals surface area contributed by atoms with E-state index in [0.29, 0.717) is 15.6 Å². The maximum absolute atomic E-state index is 14.7. The van der Waals surface area contributed by atoms with Crippen LogP contribution in [0.3, 0.4) is 0 Å². The Morgan fingerprint density at radius 2 is 1.68 bits per heavy atom. The summed E-state index contributed by atoms with van der Waals surface area (Å²) in [5.74, 6) is -1.99. The minimum absolute atomic E-state index is 0.114. The fraction of sp³-hybridized carbons (Fsp3) is 0.355. The van der Waals surface area contributed by atoms with Crippen molar-refractivity contribution in [1.82, 2.24) is 5.32 Å². The van der Waals surface area contributed by atoms with Crippen LogP contribution < -0.4 is 5.32 Å². The molecule has 1 aliphatic carbocycles. The lowest BCUT2D eigenvalue weighted by molar-refractivity contribution is -0.147. The Morgan fingerprint density at radius 1 is 1.00 bits per heavy atom. The molecule has 1 saturated carbocycles. The molecule has 210 valence electrons. The first kappa shape index (κ1) is 28.7. The highest BCUT2D eigenvalue weighted by Gasteiger charge is 2.59. The molecule has 3 aromatic carbocycles. The maximum atomic E-state index is 14.7. The first-order valence-corrected chi connectivity index (χ1v) is 15.5. The molecule has 1 heterocycles. The Balaban J connectivity index is 1.67. The van der Waals surface area contributed by atoms with E-state index >= 15 is 0 Å². The van der Waals surface area contributed by atoms with Gasteiger partial charge >= 0.3 is 5.97 Å². The highest BCUT2D eigenvalue weighted by molar-refractivity contribution is 7.92. The molecule has 4 atom stereocenters. The van der Waals surface area contributed by atoms with Crippen LogP contribution in [0.25, 0.3) is 0 Å². The Hall–Kier alpha value is -2.87. The summed E-state index contributed by atoms with van der Waals surface area (Å²) in [5.41, 5.74) is 0.282. The number of hydrogen-bond acceptors (Lipinski definition) is 4. The van der Waals surface area contributed by atoms with E-state index in [1.807, 2.05) is 18.2 Å². The molecule has 1 aliphatic heterocycles. The lowest BCUT2D eigenvalue weighted by Gasteiger charge is -2.46. The van der Waals surface area contributed by atoms with Crippen LogP contribution in [0.4, 0.5) is 0 Å². The van der Waals surface area contributed by atoms with Crippen molar-refractivity contribution in [3.63, 3.8) is 0 Å². The van der Waals surface area contributed by atoms with Gasteiger partial charge in [0.15, 0.2) is 9.84 Å². The van der Waals surface area contributed by atoms with Crippen molar-refractivity contribution in [1.29, 1.82) is 0 Å². The highest BCUT2D eigenvalue weighted by Crippen LogP contribution is 2.57. The minimum Gasteiger partial charge on any atom is -0.481 e. The van der Waals surface area contributed by atoms with Gasteiger partial charge in [0, 0.05) is 22.0 Å². The Labute approximate surface area is 244 Å². The summed E-state index contributed by atoms with van der Waals surface area (Å²) in [7, 11) is -3.96. The van der Waals surface area contributed by atoms with Crippen LogP contribution in [0.5, 0.6) is 0 Å². The summed E-state index contributed by atoms with van der Waals surface area (Å²) in [5, 5.41) is 13.7. The zero-order valence-electron chi connectivity index (χ0n) is 22.0. The van der Waals surface area contributed by atoms with Crippen LogP contribution in [0.15, 0.2) is 83.8 Å². The van der Waals surface area contributed by atoms with Crippen molar-refractivity contribution in [3.05, 3.63) is 100 Å². The van der Waals surface area contributed by atoms with Crippen molar-refractivity contribution in [2.24, 2.45) is 11.3 Å². The van der Waals surface area contributed by atoms with Gasteiger partial charge in [0.05, 0.1) is 16.7 Å². The fourth-order valence-corrected chi connectivity index (χ4v) is 9.13. The molecule has 2 aliphatic rings. The largest absolute Gasteiger partial charge is 0.481 e. The van der Waals surface area contributed by atoms with E-state index in [9.17, 15) is 23.1 Å². The van der Waals surface area contributed by atoms with E-state index < -0.39 is 37.9 Å². The number of benzene rings is 3. The molecule has 2 N–H and O–H groups in total. The number of carbonyl (C=O) groups is 2. The number of amides is 1. The molecular formula is C31H31Cl2NO5S. The molecule has 0 unspecified atom stereocenters. The number of sulfone groups is 1. The zero-order chi connectivity index (χ0) is 28.7. The number of rotatable bonds is 9. The molecule has 5 rings (SSSR count). The van der Waals surface area contributed by atoms with E-state index in [-0.39, 0.29) is 36.0 Å². The van der Waals surface area contributed by atoms with Crippen LogP contribution in [0, 0.1) is 11.3 Å². The topological polar surface area (TPSA) is 101 Å². The van der Waals surface area contributed by atoms with Crippen LogP contribution in [-0.2, 0) is 24.2 Å². The van der Waals surface area contributed by atoms with Crippen molar-refractivity contribution < 1.29 is 23.1 Å². The molecule has 2 fully saturated rings. The predicted octanol–water partition coefficient (Wildman–Crippen LogP) is 6.62. The SMILES string of the molecule is C[C@@]1(CC(=O)O)C[C@H](c2cccc(Cl)c2)[C@H](C[C@@](c2ccc(Cl)cc2)(C2CC2)S(=O)(=O)c2ccccc2)NC1=O. The fourth-order valence-electron chi connectivity index (χ4n) is 6.35. The molecule has 6 nitrogen and oxygen atoms in total. The van der Waals surface area contributed by atoms with E-state index in [1.165, 1.54) is 0 Å². The average Bonchev–Trinajstić information content (AvgIpc) is 3.76. The van der Waals surface area contributed by atoms with Gasteiger partial charge in [0.25, 0.3) is 0 Å². The number of halogens is 2. The van der Waals surface area contributed by atoms with Gasteiger partial charge in [-0.05, 0) is 79.1 Å². The predicted molar refractivity (Wildman–Crippen MR) is 155 cm³/mol. The second-order valence-corrected chi connectivity index (χ2v) is 14.3. The molecule has 1 amide bonds. The molecule has 0 bridgehead atoms. The average molecular weight is 601 g/mol. The summed E-state index contributed by atoms with van der Waals surface area (Å²) in [4.78, 5) is 25.5. The molecule has 0 aromatic heterocycles. The highest BCUT2D eigenvalue weighted by atomic mass is 35.5. The molecule has 0 spiro atoms. The molecule has 9 heteroatoms. The Kier molecular flexibility index (Phi) is 7.77. The van der Waals surface area contributed by atoms with Crippen molar-refractivity contribution in [2.75, 3.05) is 0 Å². The van der Waals surface area contributed by atoms with Gasteiger partial charge in [0.2, 0.25) is 5.91 Å². The Bertz CT molecular complexity index is 1520. The van der Waals surface area contributed by atoms with Gasteiger partial charge in [-0.1, -0.05) is 72.6 Å². The van der Waals surface area contributed by atoms with Gasteiger partial charge < -0.3 is 10.4 Å². The van der Waals surface area contributed by atoms with E-state index in [4.69, 9.17) is 23.2 Å². The van der Waals surface area contributed by atoms with E-state index in [0.717, 1.165) is 18.4 Å². The smallest absolute Gasteiger partial charge is 0.304 e.